The van der Waals surface area contributed by atoms with Gasteiger partial charge in [0.1, 0.15) is 36.6 Å². The van der Waals surface area contributed by atoms with Crippen LogP contribution in [0.5, 0.6) is 17.2 Å². The number of rotatable bonds is 15. The van der Waals surface area contributed by atoms with Crippen molar-refractivity contribution in [2.24, 2.45) is 5.92 Å². The van der Waals surface area contributed by atoms with Crippen LogP contribution >= 0.6 is 7.37 Å². The molecule has 39 heavy (non-hydrogen) atoms. The summed E-state index contributed by atoms with van der Waals surface area (Å²) in [7, 11) is -3.35. The van der Waals surface area contributed by atoms with Gasteiger partial charge < -0.3 is 29.5 Å². The molecule has 1 unspecified atom stereocenters. The van der Waals surface area contributed by atoms with E-state index in [0.717, 1.165) is 50.0 Å². The topological polar surface area (TPSA) is 97.3 Å². The highest BCUT2D eigenvalue weighted by atomic mass is 31.2. The molecule has 0 bridgehead atoms. The molecule has 4 rings (SSSR count). The van der Waals surface area contributed by atoms with Gasteiger partial charge in [-0.15, -0.1) is 0 Å². The monoisotopic (exact) mass is 553 g/mol. The summed E-state index contributed by atoms with van der Waals surface area (Å²) >= 11 is 0. The summed E-state index contributed by atoms with van der Waals surface area (Å²) in [6, 6.07) is 26.6. The van der Waals surface area contributed by atoms with Crippen LogP contribution in [0.4, 0.5) is 0 Å². The standard InChI is InChI=1S/C31H40NO6P/c33-27(23-37-30-13-7-12-29(20-30)36-22-26-8-3-1-4-9-26)21-32-19-18-25-14-16-31(17-15-25)39(34,35)24-38-28-10-5-2-6-11-28/h1-13,20,25,27,31-33H,14-19,21-24H2,(H,34,35)/t25?,27-,31?/m0/s1. The number of hydrogen-bond donors (Lipinski definition) is 3. The van der Waals surface area contributed by atoms with E-state index in [1.807, 2.05) is 72.8 Å². The number of para-hydroxylation sites is 1. The van der Waals surface area contributed by atoms with E-state index >= 15 is 0 Å². The molecule has 0 aromatic heterocycles. The second kappa shape index (κ2) is 15.1. The average Bonchev–Trinajstić information content (AvgIpc) is 2.98. The first-order valence-electron chi connectivity index (χ1n) is 13.8. The average molecular weight is 554 g/mol. The number of ether oxygens (including phenoxy) is 3. The molecule has 0 radical (unpaired) electrons. The van der Waals surface area contributed by atoms with E-state index in [4.69, 9.17) is 14.2 Å². The highest BCUT2D eigenvalue weighted by Gasteiger charge is 2.35. The maximum absolute atomic E-state index is 12.8. The maximum Gasteiger partial charge on any atom is 0.239 e. The molecule has 1 fully saturated rings. The Morgan fingerprint density at radius 3 is 2.18 bits per heavy atom. The van der Waals surface area contributed by atoms with Gasteiger partial charge in [-0.05, 0) is 74.4 Å². The molecule has 8 heteroatoms. The number of aliphatic hydroxyl groups is 1. The first-order valence-corrected chi connectivity index (χ1v) is 15.7. The molecule has 2 atom stereocenters. The molecular weight excluding hydrogens is 513 g/mol. The minimum absolute atomic E-state index is 0.126. The van der Waals surface area contributed by atoms with E-state index in [2.05, 4.69) is 5.32 Å². The number of nitrogens with one attached hydrogen (secondary N) is 1. The smallest absolute Gasteiger partial charge is 0.239 e. The van der Waals surface area contributed by atoms with Crippen molar-refractivity contribution in [2.45, 2.75) is 50.5 Å². The summed E-state index contributed by atoms with van der Waals surface area (Å²) in [5.41, 5.74) is 0.909. The van der Waals surface area contributed by atoms with Crippen molar-refractivity contribution in [3.05, 3.63) is 90.5 Å². The quantitative estimate of drug-likeness (QED) is 0.160. The highest BCUT2D eigenvalue weighted by Crippen LogP contribution is 2.52. The number of aliphatic hydroxyl groups excluding tert-OH is 1. The first-order chi connectivity index (χ1) is 19.0. The Kier molecular flexibility index (Phi) is 11.3. The molecule has 7 nitrogen and oxygen atoms in total. The van der Waals surface area contributed by atoms with E-state index in [1.165, 1.54) is 0 Å². The van der Waals surface area contributed by atoms with Gasteiger partial charge in [-0.2, -0.15) is 0 Å². The molecule has 3 aromatic carbocycles. The Morgan fingerprint density at radius 2 is 1.46 bits per heavy atom. The van der Waals surface area contributed by atoms with Crippen LogP contribution in [0.2, 0.25) is 0 Å². The van der Waals surface area contributed by atoms with Crippen molar-refractivity contribution in [3.8, 4) is 17.2 Å². The number of hydrogen-bond acceptors (Lipinski definition) is 6. The fourth-order valence-electron chi connectivity index (χ4n) is 4.85. The largest absolute Gasteiger partial charge is 0.491 e. The second-order valence-corrected chi connectivity index (χ2v) is 12.7. The first kappa shape index (κ1) is 29.2. The van der Waals surface area contributed by atoms with Gasteiger partial charge >= 0.3 is 0 Å². The molecule has 1 saturated carbocycles. The van der Waals surface area contributed by atoms with Crippen molar-refractivity contribution < 1.29 is 28.8 Å². The van der Waals surface area contributed by atoms with Crippen LogP contribution in [0.25, 0.3) is 0 Å². The molecule has 0 amide bonds. The van der Waals surface area contributed by atoms with E-state index < -0.39 is 13.5 Å². The van der Waals surface area contributed by atoms with Gasteiger partial charge in [-0.3, -0.25) is 4.57 Å². The fraction of sp³-hybridized carbons (Fsp3) is 0.419. The number of benzene rings is 3. The van der Waals surface area contributed by atoms with Gasteiger partial charge in [0.05, 0.1) is 0 Å². The maximum atomic E-state index is 12.8. The van der Waals surface area contributed by atoms with Gasteiger partial charge in [0.2, 0.25) is 7.37 Å². The molecule has 0 aliphatic heterocycles. The van der Waals surface area contributed by atoms with Crippen LogP contribution in [0.1, 0.15) is 37.7 Å². The lowest BCUT2D eigenvalue weighted by Gasteiger charge is -2.31. The van der Waals surface area contributed by atoms with E-state index in [1.54, 1.807) is 12.1 Å². The summed E-state index contributed by atoms with van der Waals surface area (Å²) in [6.45, 7) is 1.92. The summed E-state index contributed by atoms with van der Waals surface area (Å²) in [6.07, 6.45) is 3.62. The van der Waals surface area contributed by atoms with Crippen LogP contribution in [-0.4, -0.2) is 47.8 Å². The second-order valence-electron chi connectivity index (χ2n) is 10.2. The Bertz CT molecular complexity index is 1150. The minimum Gasteiger partial charge on any atom is -0.491 e. The zero-order valence-corrected chi connectivity index (χ0v) is 23.3. The molecule has 0 spiro atoms. The SMILES string of the molecule is O=P(O)(COc1ccccc1)C1CCC(CCNC[C@H](O)COc2cccc(OCc3ccccc3)c2)CC1. The van der Waals surface area contributed by atoms with Crippen LogP contribution in [0.3, 0.4) is 0 Å². The molecule has 3 aromatic rings. The molecule has 0 heterocycles. The van der Waals surface area contributed by atoms with Crippen molar-refractivity contribution in [1.82, 2.24) is 5.32 Å². The third kappa shape index (κ3) is 10.0. The summed E-state index contributed by atoms with van der Waals surface area (Å²) in [5, 5.41) is 13.7. The van der Waals surface area contributed by atoms with Crippen molar-refractivity contribution in [1.29, 1.82) is 0 Å². The normalized spacial score (nSPS) is 19.5. The van der Waals surface area contributed by atoms with Gasteiger partial charge in [-0.1, -0.05) is 54.6 Å². The summed E-state index contributed by atoms with van der Waals surface area (Å²) in [4.78, 5) is 10.6. The lowest BCUT2D eigenvalue weighted by Crippen LogP contribution is -2.33. The highest BCUT2D eigenvalue weighted by molar-refractivity contribution is 7.58. The zero-order chi connectivity index (χ0) is 27.3. The Balaban J connectivity index is 1.07. The van der Waals surface area contributed by atoms with E-state index in [9.17, 15) is 14.6 Å². The molecule has 1 aliphatic carbocycles. The van der Waals surface area contributed by atoms with Gasteiger partial charge in [-0.25, -0.2) is 0 Å². The summed E-state index contributed by atoms with van der Waals surface area (Å²) in [5.74, 6) is 2.53. The molecule has 3 N–H and O–H groups in total. The lowest BCUT2D eigenvalue weighted by atomic mass is 9.86. The predicted octanol–water partition coefficient (Wildman–Crippen LogP) is 5.85. The van der Waals surface area contributed by atoms with Crippen LogP contribution in [-0.2, 0) is 11.2 Å². The third-order valence-electron chi connectivity index (χ3n) is 7.15. The molecule has 0 saturated heterocycles. The fourth-order valence-corrected chi connectivity index (χ4v) is 6.50. The van der Waals surface area contributed by atoms with Crippen LogP contribution < -0.4 is 19.5 Å². The Labute approximate surface area is 231 Å². The predicted molar refractivity (Wildman–Crippen MR) is 154 cm³/mol. The van der Waals surface area contributed by atoms with Crippen molar-refractivity contribution >= 4 is 7.37 Å². The molecule has 210 valence electrons. The third-order valence-corrected chi connectivity index (χ3v) is 9.31. The van der Waals surface area contributed by atoms with Crippen molar-refractivity contribution in [2.75, 3.05) is 26.0 Å². The zero-order valence-electron chi connectivity index (χ0n) is 22.4. The summed E-state index contributed by atoms with van der Waals surface area (Å²) < 4.78 is 30.0. The van der Waals surface area contributed by atoms with E-state index in [0.29, 0.717) is 30.6 Å². The Hall–Kier alpha value is -2.83. The van der Waals surface area contributed by atoms with Crippen LogP contribution in [0, 0.1) is 5.92 Å². The Morgan fingerprint density at radius 1 is 0.821 bits per heavy atom. The van der Waals surface area contributed by atoms with Gasteiger partial charge in [0.15, 0.2) is 6.35 Å². The molecular formula is C31H40NO6P. The van der Waals surface area contributed by atoms with Crippen molar-refractivity contribution in [3.63, 3.8) is 0 Å². The van der Waals surface area contributed by atoms with Crippen LogP contribution in [0.15, 0.2) is 84.9 Å². The minimum atomic E-state index is -3.35. The lowest BCUT2D eigenvalue weighted by molar-refractivity contribution is 0.106. The van der Waals surface area contributed by atoms with Gasteiger partial charge in [0, 0.05) is 18.3 Å². The van der Waals surface area contributed by atoms with E-state index in [-0.39, 0.29) is 18.6 Å². The molecule has 1 aliphatic rings. The van der Waals surface area contributed by atoms with Gasteiger partial charge in [0.25, 0.3) is 0 Å².